The van der Waals surface area contributed by atoms with Crippen LogP contribution in [0.3, 0.4) is 0 Å². The second-order valence-electron chi connectivity index (χ2n) is 6.87. The summed E-state index contributed by atoms with van der Waals surface area (Å²) in [6.07, 6.45) is -0.856. The van der Waals surface area contributed by atoms with Crippen molar-refractivity contribution in [2.45, 2.75) is 11.8 Å². The highest BCUT2D eigenvalue weighted by Gasteiger charge is 2.25. The number of carbonyl (C=O) groups is 1. The van der Waals surface area contributed by atoms with Crippen LogP contribution < -0.4 is 30.0 Å². The number of nitrogen functional groups attached to an aromatic ring is 1. The number of aromatic nitrogens is 2. The Morgan fingerprint density at radius 3 is 2.76 bits per heavy atom. The van der Waals surface area contributed by atoms with Crippen molar-refractivity contribution < 1.29 is 27.4 Å². The molecule has 2 aromatic heterocycles. The molecule has 0 atom stereocenters. The molecule has 11 nitrogen and oxygen atoms in total. The van der Waals surface area contributed by atoms with Crippen LogP contribution in [0.4, 0.5) is 21.9 Å². The molecule has 0 fully saturated rings. The zero-order valence-corrected chi connectivity index (χ0v) is 19.3. The minimum absolute atomic E-state index is 0.0997. The Hall–Kier alpha value is -3.62. The van der Waals surface area contributed by atoms with Crippen molar-refractivity contribution in [1.82, 2.24) is 8.75 Å². The summed E-state index contributed by atoms with van der Waals surface area (Å²) >= 11 is 1.93. The first-order valence-corrected chi connectivity index (χ1v) is 12.4. The quantitative estimate of drug-likeness (QED) is 0.344. The molecule has 1 amide bonds. The zero-order chi connectivity index (χ0) is 23.2. The largest absolute Gasteiger partial charge is 0.454 e. The van der Waals surface area contributed by atoms with Gasteiger partial charge in [0.05, 0.1) is 28.8 Å². The highest BCUT2D eigenvalue weighted by atomic mass is 32.2. The fraction of sp³-hybridized carbons (Fsp3) is 0.105. The number of amides is 1. The third-order valence-electron chi connectivity index (χ3n) is 4.74. The Labute approximate surface area is 195 Å². The Kier molecular flexibility index (Phi) is 5.19. The van der Waals surface area contributed by atoms with E-state index in [1.807, 2.05) is 0 Å². The minimum atomic E-state index is -4.12. The fourth-order valence-electron chi connectivity index (χ4n) is 3.12. The number of fused-ring (bicyclic) bond motifs is 2. The van der Waals surface area contributed by atoms with Gasteiger partial charge in [-0.05, 0) is 42.1 Å². The summed E-state index contributed by atoms with van der Waals surface area (Å²) in [5.74, 6) is 1.07. The molecule has 0 unspecified atom stereocenters. The van der Waals surface area contributed by atoms with Gasteiger partial charge in [-0.25, -0.2) is 13.2 Å². The molecule has 3 heterocycles. The van der Waals surface area contributed by atoms with Gasteiger partial charge in [-0.3, -0.25) is 10.0 Å². The number of thiophene rings is 1. The van der Waals surface area contributed by atoms with Crippen LogP contribution in [0.1, 0.15) is 5.56 Å². The third-order valence-corrected chi connectivity index (χ3v) is 7.59. The average molecular weight is 506 g/mol. The molecular weight excluding hydrogens is 490 g/mol. The van der Waals surface area contributed by atoms with Crippen molar-refractivity contribution >= 4 is 67.3 Å². The van der Waals surface area contributed by atoms with Crippen molar-refractivity contribution in [3.8, 4) is 16.6 Å². The van der Waals surface area contributed by atoms with Crippen molar-refractivity contribution in [2.24, 2.45) is 0 Å². The van der Waals surface area contributed by atoms with E-state index in [2.05, 4.69) is 18.8 Å². The van der Waals surface area contributed by atoms with Gasteiger partial charge in [0.25, 0.3) is 10.0 Å². The van der Waals surface area contributed by atoms with E-state index >= 15 is 0 Å². The molecule has 4 N–H and O–H groups in total. The smallest absolute Gasteiger partial charge is 0.417 e. The molecule has 4 aromatic rings. The predicted molar refractivity (Wildman–Crippen MR) is 124 cm³/mol. The molecule has 0 saturated carbocycles. The van der Waals surface area contributed by atoms with Crippen LogP contribution in [0.15, 0.2) is 40.6 Å². The average Bonchev–Trinajstić information content (AvgIpc) is 3.51. The number of nitrogens with one attached hydrogen (secondary N) is 2. The molecule has 0 saturated heterocycles. The van der Waals surface area contributed by atoms with Crippen LogP contribution >= 0.6 is 23.1 Å². The standard InChI is InChI=1S/C19H15N5O6S3/c1-9-6-13-14(29-8-28-13)7-12(9)21-19(25)30-18-15(4-5-31-18)33(26,27)24-10-2-3-11-17(16(10)20)23-32-22-11/h2-7,24H,8,20H2,1H3,(H,21,25). The SMILES string of the molecule is Cc1cc2c(cc1NC(=O)Oc1sccc1S(=O)(=O)Nc1ccc3nsnc3c1N)OCO2. The number of rotatable bonds is 5. The lowest BCUT2D eigenvalue weighted by molar-refractivity contribution is 0.174. The second-order valence-corrected chi connectivity index (χ2v) is 9.93. The van der Waals surface area contributed by atoms with Crippen LogP contribution in [-0.4, -0.2) is 30.1 Å². The lowest BCUT2D eigenvalue weighted by Gasteiger charge is -2.12. The van der Waals surface area contributed by atoms with Crippen LogP contribution in [0.5, 0.6) is 16.6 Å². The first-order chi connectivity index (χ1) is 15.8. The highest BCUT2D eigenvalue weighted by Crippen LogP contribution is 2.37. The molecule has 0 spiro atoms. The van der Waals surface area contributed by atoms with Crippen molar-refractivity contribution in [2.75, 3.05) is 22.6 Å². The zero-order valence-electron chi connectivity index (χ0n) is 16.8. The number of carbonyl (C=O) groups excluding carboxylic acids is 1. The number of aryl methyl sites for hydroxylation is 1. The number of ether oxygens (including phenoxy) is 3. The predicted octanol–water partition coefficient (Wildman–Crippen LogP) is 3.78. The molecule has 0 bridgehead atoms. The van der Waals surface area contributed by atoms with Crippen LogP contribution in [0.2, 0.25) is 0 Å². The van der Waals surface area contributed by atoms with Crippen molar-refractivity contribution in [1.29, 1.82) is 0 Å². The van der Waals surface area contributed by atoms with Gasteiger partial charge in [0.1, 0.15) is 15.9 Å². The van der Waals surface area contributed by atoms with Gasteiger partial charge in [-0.1, -0.05) is 0 Å². The fourth-order valence-corrected chi connectivity index (χ4v) is 5.95. The van der Waals surface area contributed by atoms with E-state index in [-0.39, 0.29) is 28.1 Å². The molecular formula is C19H15N5O6S3. The monoisotopic (exact) mass is 505 g/mol. The number of benzene rings is 2. The van der Waals surface area contributed by atoms with Gasteiger partial charge in [0.15, 0.2) is 11.5 Å². The molecule has 33 heavy (non-hydrogen) atoms. The van der Waals surface area contributed by atoms with E-state index in [0.29, 0.717) is 28.2 Å². The molecule has 0 aliphatic carbocycles. The van der Waals surface area contributed by atoms with E-state index in [1.165, 1.54) is 17.5 Å². The number of nitrogens with two attached hydrogens (primary N) is 1. The molecule has 14 heteroatoms. The van der Waals surface area contributed by atoms with E-state index in [1.54, 1.807) is 25.1 Å². The maximum atomic E-state index is 13.0. The Morgan fingerprint density at radius 1 is 1.15 bits per heavy atom. The van der Waals surface area contributed by atoms with Crippen molar-refractivity contribution in [3.63, 3.8) is 0 Å². The normalized spacial score (nSPS) is 12.6. The van der Waals surface area contributed by atoms with Crippen LogP contribution in [0, 0.1) is 6.92 Å². The maximum Gasteiger partial charge on any atom is 0.417 e. The Morgan fingerprint density at radius 2 is 1.94 bits per heavy atom. The summed E-state index contributed by atoms with van der Waals surface area (Å²) in [5.41, 5.74) is 8.48. The van der Waals surface area contributed by atoms with Gasteiger partial charge >= 0.3 is 6.09 Å². The van der Waals surface area contributed by atoms with Gasteiger partial charge < -0.3 is 19.9 Å². The molecule has 2 aromatic carbocycles. The van der Waals surface area contributed by atoms with E-state index < -0.39 is 16.1 Å². The summed E-state index contributed by atoms with van der Waals surface area (Å²) in [5, 5.41) is 3.99. The summed E-state index contributed by atoms with van der Waals surface area (Å²) in [4.78, 5) is 12.3. The minimum Gasteiger partial charge on any atom is -0.454 e. The third kappa shape index (κ3) is 3.99. The molecule has 5 rings (SSSR count). The number of hydrogen-bond donors (Lipinski definition) is 3. The maximum absolute atomic E-state index is 13.0. The number of hydrogen-bond acceptors (Lipinski definition) is 11. The van der Waals surface area contributed by atoms with Gasteiger partial charge in [0, 0.05) is 6.07 Å². The van der Waals surface area contributed by atoms with E-state index in [9.17, 15) is 13.2 Å². The Bertz CT molecular complexity index is 1500. The first kappa shape index (κ1) is 21.2. The molecule has 170 valence electrons. The Balaban J connectivity index is 1.35. The lowest BCUT2D eigenvalue weighted by atomic mass is 10.2. The molecule has 1 aliphatic rings. The van der Waals surface area contributed by atoms with Crippen molar-refractivity contribution in [3.05, 3.63) is 41.3 Å². The number of sulfonamides is 1. The van der Waals surface area contributed by atoms with Crippen LogP contribution in [-0.2, 0) is 10.0 Å². The summed E-state index contributed by atoms with van der Waals surface area (Å²) < 4.78 is 52.5. The molecule has 0 radical (unpaired) electrons. The van der Waals surface area contributed by atoms with E-state index in [4.69, 9.17) is 19.9 Å². The number of nitrogens with zero attached hydrogens (tertiary/aromatic N) is 2. The topological polar surface area (TPSA) is 155 Å². The first-order valence-electron chi connectivity index (χ1n) is 9.32. The lowest BCUT2D eigenvalue weighted by Crippen LogP contribution is -2.19. The summed E-state index contributed by atoms with van der Waals surface area (Å²) in [6, 6.07) is 7.78. The summed E-state index contributed by atoms with van der Waals surface area (Å²) in [6.45, 7) is 1.88. The highest BCUT2D eigenvalue weighted by molar-refractivity contribution is 7.93. The van der Waals surface area contributed by atoms with Gasteiger partial charge in [-0.2, -0.15) is 8.75 Å². The number of anilines is 3. The van der Waals surface area contributed by atoms with Gasteiger partial charge in [-0.15, -0.1) is 11.3 Å². The molecule has 1 aliphatic heterocycles. The van der Waals surface area contributed by atoms with Crippen LogP contribution in [0.25, 0.3) is 11.0 Å². The van der Waals surface area contributed by atoms with E-state index in [0.717, 1.165) is 28.6 Å². The second kappa shape index (κ2) is 8.06. The summed E-state index contributed by atoms with van der Waals surface area (Å²) in [7, 11) is -4.12. The van der Waals surface area contributed by atoms with Gasteiger partial charge in [0.2, 0.25) is 11.9 Å².